The van der Waals surface area contributed by atoms with Gasteiger partial charge in [0.2, 0.25) is 0 Å². The molecule has 9 heteroatoms. The van der Waals surface area contributed by atoms with Gasteiger partial charge in [0.05, 0.1) is 16.3 Å². The highest BCUT2D eigenvalue weighted by Gasteiger charge is 2.23. The van der Waals surface area contributed by atoms with E-state index >= 15 is 0 Å². The number of hydrogen-bond acceptors (Lipinski definition) is 6. The number of nitro benzene ring substituents is 1. The Kier molecular flexibility index (Phi) is 7.01. The summed E-state index contributed by atoms with van der Waals surface area (Å²) in [6, 6.07) is 18.4. The van der Waals surface area contributed by atoms with Gasteiger partial charge in [0.1, 0.15) is 4.90 Å². The molecule has 0 aliphatic carbocycles. The third kappa shape index (κ3) is 5.79. The van der Waals surface area contributed by atoms with E-state index in [1.54, 1.807) is 25.1 Å². The topological polar surface area (TPSA) is 114 Å². The first-order chi connectivity index (χ1) is 15.3. The molecule has 0 saturated heterocycles. The Morgan fingerprint density at radius 2 is 1.69 bits per heavy atom. The quantitative estimate of drug-likeness (QED) is 0.281. The minimum atomic E-state index is -4.13. The molecular weight excluding hydrogens is 428 g/mol. The maximum Gasteiger partial charge on any atom is 0.270 e. The molecule has 0 unspecified atom stereocenters. The molecule has 0 amide bonds. The number of aryl methyl sites for hydroxylation is 2. The molecule has 164 valence electrons. The summed E-state index contributed by atoms with van der Waals surface area (Å²) in [6.07, 6.45) is 4.98. The van der Waals surface area contributed by atoms with Gasteiger partial charge in [0.25, 0.3) is 15.7 Å². The van der Waals surface area contributed by atoms with Crippen LogP contribution in [-0.4, -0.2) is 19.6 Å². The van der Waals surface area contributed by atoms with Gasteiger partial charge in [0, 0.05) is 18.3 Å². The number of sulfonamides is 1. The van der Waals surface area contributed by atoms with Crippen LogP contribution in [0, 0.1) is 24.0 Å². The minimum Gasteiger partial charge on any atom is -0.279 e. The zero-order valence-corrected chi connectivity index (χ0v) is 18.3. The number of allylic oxidation sites excluding steroid dienone is 1. The Morgan fingerprint density at radius 3 is 2.38 bits per heavy atom. The lowest BCUT2D eigenvalue weighted by Gasteiger charge is -2.13. The van der Waals surface area contributed by atoms with E-state index in [9.17, 15) is 18.5 Å². The smallest absolute Gasteiger partial charge is 0.270 e. The van der Waals surface area contributed by atoms with E-state index in [-0.39, 0.29) is 16.3 Å². The summed E-state index contributed by atoms with van der Waals surface area (Å²) in [5.74, 6) is 0. The predicted molar refractivity (Wildman–Crippen MR) is 127 cm³/mol. The molecule has 0 bridgehead atoms. The molecule has 0 aromatic heterocycles. The monoisotopic (exact) mass is 450 g/mol. The number of hydrogen-bond donors (Lipinski definition) is 2. The fourth-order valence-corrected chi connectivity index (χ4v) is 4.24. The van der Waals surface area contributed by atoms with E-state index in [0.29, 0.717) is 5.69 Å². The van der Waals surface area contributed by atoms with Crippen molar-refractivity contribution in [1.29, 1.82) is 0 Å². The first-order valence-corrected chi connectivity index (χ1v) is 11.1. The molecule has 0 saturated carbocycles. The van der Waals surface area contributed by atoms with Crippen LogP contribution in [0.1, 0.15) is 16.7 Å². The molecule has 32 heavy (non-hydrogen) atoms. The van der Waals surface area contributed by atoms with Crippen molar-refractivity contribution in [3.8, 4) is 0 Å². The van der Waals surface area contributed by atoms with Crippen molar-refractivity contribution in [1.82, 2.24) is 0 Å². The van der Waals surface area contributed by atoms with Gasteiger partial charge in [-0.3, -0.25) is 20.3 Å². The summed E-state index contributed by atoms with van der Waals surface area (Å²) in [5.41, 5.74) is 5.52. The van der Waals surface area contributed by atoms with Crippen molar-refractivity contribution >= 4 is 39.4 Å². The molecule has 3 aromatic carbocycles. The molecule has 0 spiro atoms. The van der Waals surface area contributed by atoms with Crippen molar-refractivity contribution in [2.24, 2.45) is 5.10 Å². The molecule has 3 aromatic rings. The highest BCUT2D eigenvalue weighted by Crippen LogP contribution is 2.29. The van der Waals surface area contributed by atoms with E-state index in [2.05, 4.69) is 15.2 Å². The van der Waals surface area contributed by atoms with Gasteiger partial charge in [0.15, 0.2) is 0 Å². The predicted octanol–water partition coefficient (Wildman–Crippen LogP) is 5.12. The van der Waals surface area contributed by atoms with Crippen LogP contribution < -0.4 is 10.1 Å². The summed E-state index contributed by atoms with van der Waals surface area (Å²) in [6.45, 7) is 3.68. The first kappa shape index (κ1) is 22.7. The van der Waals surface area contributed by atoms with Gasteiger partial charge in [-0.2, -0.15) is 5.10 Å². The van der Waals surface area contributed by atoms with E-state index in [4.69, 9.17) is 0 Å². The number of anilines is 2. The van der Waals surface area contributed by atoms with Crippen LogP contribution in [-0.2, 0) is 10.0 Å². The van der Waals surface area contributed by atoms with Gasteiger partial charge in [-0.1, -0.05) is 54.1 Å². The van der Waals surface area contributed by atoms with Gasteiger partial charge in [-0.05, 0) is 43.2 Å². The average Bonchev–Trinajstić information content (AvgIpc) is 2.76. The van der Waals surface area contributed by atoms with Gasteiger partial charge >= 0.3 is 0 Å². The Morgan fingerprint density at radius 1 is 0.969 bits per heavy atom. The molecule has 0 fully saturated rings. The van der Waals surface area contributed by atoms with Crippen molar-refractivity contribution in [3.05, 3.63) is 99.6 Å². The number of benzene rings is 3. The van der Waals surface area contributed by atoms with Crippen LogP contribution in [0.5, 0.6) is 0 Å². The molecule has 0 atom stereocenters. The van der Waals surface area contributed by atoms with Crippen LogP contribution >= 0.6 is 0 Å². The Bertz CT molecular complexity index is 1290. The zero-order valence-electron chi connectivity index (χ0n) is 17.5. The lowest BCUT2D eigenvalue weighted by atomic mass is 10.1. The number of hydrazone groups is 1. The highest BCUT2D eigenvalue weighted by atomic mass is 32.2. The van der Waals surface area contributed by atoms with Crippen molar-refractivity contribution in [2.45, 2.75) is 18.7 Å². The molecule has 3 rings (SSSR count). The fourth-order valence-electron chi connectivity index (χ4n) is 2.94. The number of nitrogens with one attached hydrogen (secondary N) is 2. The lowest BCUT2D eigenvalue weighted by molar-refractivity contribution is -0.385. The van der Waals surface area contributed by atoms with Gasteiger partial charge < -0.3 is 0 Å². The second kappa shape index (κ2) is 9.88. The standard InChI is InChI=1S/C23H22N4O4S/c1-17-10-12-21(18(2)15-17)26-32(30,31)23-16-20(27(28)29)11-13-22(23)25-24-14-6-9-19-7-4-3-5-8-19/h3-16,25-26H,1-2H3. The Balaban J connectivity index is 1.87. The summed E-state index contributed by atoms with van der Waals surface area (Å²) < 4.78 is 28.6. The Labute approximate surface area is 186 Å². The minimum absolute atomic E-state index is 0.109. The van der Waals surface area contributed by atoms with E-state index in [0.717, 1.165) is 22.8 Å². The number of rotatable bonds is 8. The van der Waals surface area contributed by atoms with E-state index in [1.165, 1.54) is 18.3 Å². The van der Waals surface area contributed by atoms with Crippen LogP contribution in [0.2, 0.25) is 0 Å². The van der Waals surface area contributed by atoms with Crippen LogP contribution in [0.4, 0.5) is 17.1 Å². The zero-order chi connectivity index (χ0) is 23.1. The normalized spacial score (nSPS) is 11.7. The van der Waals surface area contributed by atoms with Crippen molar-refractivity contribution < 1.29 is 13.3 Å². The summed E-state index contributed by atoms with van der Waals surface area (Å²) in [7, 11) is -4.13. The largest absolute Gasteiger partial charge is 0.279 e. The molecule has 2 N–H and O–H groups in total. The van der Waals surface area contributed by atoms with Crippen molar-refractivity contribution in [3.63, 3.8) is 0 Å². The molecule has 8 nitrogen and oxygen atoms in total. The molecule has 0 heterocycles. The third-order valence-electron chi connectivity index (χ3n) is 4.53. The van der Waals surface area contributed by atoms with Crippen LogP contribution in [0.3, 0.4) is 0 Å². The van der Waals surface area contributed by atoms with Crippen LogP contribution in [0.15, 0.2) is 82.8 Å². The number of nitrogens with zero attached hydrogens (tertiary/aromatic N) is 2. The first-order valence-electron chi connectivity index (χ1n) is 9.65. The van der Waals surface area contributed by atoms with Crippen molar-refractivity contribution in [2.75, 3.05) is 10.1 Å². The molecular formula is C23H22N4O4S. The van der Waals surface area contributed by atoms with Crippen LogP contribution in [0.25, 0.3) is 6.08 Å². The number of nitro groups is 1. The molecule has 0 aliphatic rings. The SMILES string of the molecule is Cc1ccc(NS(=O)(=O)c2cc([N+](=O)[O-])ccc2NN=CC=Cc2ccccc2)c(C)c1. The summed E-state index contributed by atoms with van der Waals surface area (Å²) >= 11 is 0. The van der Waals surface area contributed by atoms with E-state index < -0.39 is 14.9 Å². The molecule has 0 radical (unpaired) electrons. The average molecular weight is 451 g/mol. The summed E-state index contributed by atoms with van der Waals surface area (Å²) in [4.78, 5) is 10.3. The fraction of sp³-hybridized carbons (Fsp3) is 0.0870. The van der Waals surface area contributed by atoms with Gasteiger partial charge in [-0.15, -0.1) is 0 Å². The van der Waals surface area contributed by atoms with Gasteiger partial charge in [-0.25, -0.2) is 8.42 Å². The number of non-ortho nitro benzene ring substituents is 1. The lowest BCUT2D eigenvalue weighted by Crippen LogP contribution is -2.15. The highest BCUT2D eigenvalue weighted by molar-refractivity contribution is 7.92. The maximum absolute atomic E-state index is 13.1. The maximum atomic E-state index is 13.1. The Hall–Kier alpha value is -3.98. The second-order valence-corrected chi connectivity index (χ2v) is 8.67. The van der Waals surface area contributed by atoms with E-state index in [1.807, 2.05) is 49.4 Å². The molecule has 0 aliphatic heterocycles. The third-order valence-corrected chi connectivity index (χ3v) is 5.93. The second-order valence-electron chi connectivity index (χ2n) is 7.02. The summed E-state index contributed by atoms with van der Waals surface area (Å²) in [5, 5.41) is 15.2.